The third kappa shape index (κ3) is 3.45. The summed E-state index contributed by atoms with van der Waals surface area (Å²) in [7, 11) is 0. The van der Waals surface area contributed by atoms with Crippen LogP contribution in [0.4, 0.5) is 4.39 Å². The minimum atomic E-state index is -0.249. The fourth-order valence-electron chi connectivity index (χ4n) is 2.87. The highest BCUT2D eigenvalue weighted by molar-refractivity contribution is 5.43. The van der Waals surface area contributed by atoms with Crippen LogP contribution in [0.1, 0.15) is 22.8 Å². The van der Waals surface area contributed by atoms with Crippen LogP contribution in [-0.4, -0.2) is 29.5 Å². The van der Waals surface area contributed by atoms with Gasteiger partial charge in [-0.25, -0.2) is 9.37 Å². The van der Waals surface area contributed by atoms with Crippen LogP contribution in [-0.2, 0) is 19.6 Å². The molecular formula is C18H17FN6O. The van der Waals surface area contributed by atoms with Gasteiger partial charge in [0.15, 0.2) is 12.0 Å². The standard InChI is InChI=1S/C18H17FN6O/c1-13-22-23-18-17(21-6-7-25(13)18)11-24(10-16-8-20-12-26-16)9-14-2-4-15(19)5-3-14/h2-8,12H,9-11H2,1H3. The van der Waals surface area contributed by atoms with Crippen molar-refractivity contribution >= 4 is 5.65 Å². The van der Waals surface area contributed by atoms with Crippen LogP contribution in [0.3, 0.4) is 0 Å². The smallest absolute Gasteiger partial charge is 0.183 e. The lowest BCUT2D eigenvalue weighted by Gasteiger charge is -2.21. The van der Waals surface area contributed by atoms with Crippen molar-refractivity contribution in [2.45, 2.75) is 26.6 Å². The summed E-state index contributed by atoms with van der Waals surface area (Å²) in [6.45, 7) is 3.60. The summed E-state index contributed by atoms with van der Waals surface area (Å²) >= 11 is 0. The molecule has 0 saturated heterocycles. The van der Waals surface area contributed by atoms with Gasteiger partial charge in [-0.05, 0) is 24.6 Å². The molecule has 3 heterocycles. The number of halogens is 1. The Morgan fingerprint density at radius 3 is 2.73 bits per heavy atom. The van der Waals surface area contributed by atoms with Gasteiger partial charge in [-0.15, -0.1) is 10.2 Å². The van der Waals surface area contributed by atoms with Gasteiger partial charge in [-0.2, -0.15) is 0 Å². The second-order valence-corrected chi connectivity index (χ2v) is 6.05. The van der Waals surface area contributed by atoms with Crippen LogP contribution in [0, 0.1) is 12.7 Å². The SMILES string of the molecule is Cc1nnc2c(CN(Cc3ccc(F)cc3)Cc3cnco3)nccn12. The molecule has 0 spiro atoms. The Hall–Kier alpha value is -3.13. The lowest BCUT2D eigenvalue weighted by atomic mass is 10.2. The monoisotopic (exact) mass is 352 g/mol. The predicted molar refractivity (Wildman–Crippen MR) is 91.4 cm³/mol. The van der Waals surface area contributed by atoms with Crippen LogP contribution >= 0.6 is 0 Å². The summed E-state index contributed by atoms with van der Waals surface area (Å²) in [5.41, 5.74) is 2.54. The van der Waals surface area contributed by atoms with Crippen molar-refractivity contribution in [1.82, 2.24) is 29.5 Å². The quantitative estimate of drug-likeness (QED) is 0.531. The van der Waals surface area contributed by atoms with Gasteiger partial charge in [0.05, 0.1) is 18.4 Å². The molecule has 0 amide bonds. The van der Waals surface area contributed by atoms with Crippen LogP contribution in [0.25, 0.3) is 5.65 Å². The van der Waals surface area contributed by atoms with Crippen molar-refractivity contribution in [2.75, 3.05) is 0 Å². The van der Waals surface area contributed by atoms with E-state index < -0.39 is 0 Å². The van der Waals surface area contributed by atoms with Gasteiger partial charge in [0.25, 0.3) is 0 Å². The van der Waals surface area contributed by atoms with Crippen molar-refractivity contribution in [2.24, 2.45) is 0 Å². The molecule has 4 aromatic rings. The maximum Gasteiger partial charge on any atom is 0.183 e. The highest BCUT2D eigenvalue weighted by atomic mass is 19.1. The highest BCUT2D eigenvalue weighted by Gasteiger charge is 2.15. The summed E-state index contributed by atoms with van der Waals surface area (Å²) in [5.74, 6) is 1.31. The number of hydrogen-bond donors (Lipinski definition) is 0. The lowest BCUT2D eigenvalue weighted by Crippen LogP contribution is -2.23. The zero-order chi connectivity index (χ0) is 17.9. The molecule has 132 valence electrons. The second-order valence-electron chi connectivity index (χ2n) is 6.05. The van der Waals surface area contributed by atoms with Gasteiger partial charge < -0.3 is 4.42 Å². The van der Waals surface area contributed by atoms with Crippen LogP contribution in [0.2, 0.25) is 0 Å². The van der Waals surface area contributed by atoms with E-state index in [0.717, 1.165) is 28.5 Å². The number of benzene rings is 1. The molecule has 0 bridgehead atoms. The predicted octanol–water partition coefficient (Wildman–Crippen LogP) is 2.76. The first kappa shape index (κ1) is 16.3. The summed E-state index contributed by atoms with van der Waals surface area (Å²) in [5, 5.41) is 8.34. The number of aryl methyl sites for hydroxylation is 1. The molecular weight excluding hydrogens is 335 g/mol. The number of aromatic nitrogens is 5. The first-order valence-corrected chi connectivity index (χ1v) is 8.18. The number of nitrogens with zero attached hydrogens (tertiary/aromatic N) is 6. The van der Waals surface area contributed by atoms with Crippen molar-refractivity contribution in [3.05, 3.63) is 77.9 Å². The number of fused-ring (bicyclic) bond motifs is 1. The molecule has 0 saturated carbocycles. The van der Waals surface area contributed by atoms with Gasteiger partial charge in [0.1, 0.15) is 17.4 Å². The minimum Gasteiger partial charge on any atom is -0.447 e. The van der Waals surface area contributed by atoms with E-state index in [-0.39, 0.29) is 5.82 Å². The van der Waals surface area contributed by atoms with Crippen molar-refractivity contribution in [3.8, 4) is 0 Å². The second kappa shape index (κ2) is 7.01. The summed E-state index contributed by atoms with van der Waals surface area (Å²) in [6, 6.07) is 6.47. The maximum absolute atomic E-state index is 13.2. The Bertz CT molecular complexity index is 996. The minimum absolute atomic E-state index is 0.249. The molecule has 8 heteroatoms. The Labute approximate surface area is 149 Å². The van der Waals surface area contributed by atoms with Crippen molar-refractivity contribution < 1.29 is 8.81 Å². The number of oxazole rings is 1. The van der Waals surface area contributed by atoms with Gasteiger partial charge >= 0.3 is 0 Å². The highest BCUT2D eigenvalue weighted by Crippen LogP contribution is 2.16. The van der Waals surface area contributed by atoms with E-state index >= 15 is 0 Å². The molecule has 0 N–H and O–H groups in total. The Balaban J connectivity index is 1.62. The van der Waals surface area contributed by atoms with E-state index in [1.807, 2.05) is 17.5 Å². The number of hydrogen-bond acceptors (Lipinski definition) is 6. The topological polar surface area (TPSA) is 72.3 Å². The molecule has 0 aliphatic carbocycles. The van der Waals surface area contributed by atoms with E-state index in [9.17, 15) is 4.39 Å². The largest absolute Gasteiger partial charge is 0.447 e. The van der Waals surface area contributed by atoms with Crippen LogP contribution < -0.4 is 0 Å². The number of rotatable bonds is 6. The molecule has 3 aromatic heterocycles. The molecule has 26 heavy (non-hydrogen) atoms. The van der Waals surface area contributed by atoms with E-state index in [2.05, 4.69) is 25.1 Å². The summed E-state index contributed by atoms with van der Waals surface area (Å²) in [6.07, 6.45) is 6.68. The van der Waals surface area contributed by atoms with Crippen LogP contribution in [0.5, 0.6) is 0 Å². The Kier molecular flexibility index (Phi) is 4.40. The molecule has 0 aliphatic rings. The molecule has 4 rings (SSSR count). The first-order chi connectivity index (χ1) is 12.7. The fourth-order valence-corrected chi connectivity index (χ4v) is 2.87. The Morgan fingerprint density at radius 2 is 1.96 bits per heavy atom. The van der Waals surface area contributed by atoms with Crippen molar-refractivity contribution in [1.29, 1.82) is 0 Å². The lowest BCUT2D eigenvalue weighted by molar-refractivity contribution is 0.224. The normalized spacial score (nSPS) is 11.5. The zero-order valence-electron chi connectivity index (χ0n) is 14.2. The van der Waals surface area contributed by atoms with Crippen LogP contribution in [0.15, 0.2) is 53.7 Å². The fraction of sp³-hybridized carbons (Fsp3) is 0.222. The summed E-state index contributed by atoms with van der Waals surface area (Å²) in [4.78, 5) is 10.6. The van der Waals surface area contributed by atoms with E-state index in [1.165, 1.54) is 18.5 Å². The molecule has 0 radical (unpaired) electrons. The molecule has 1 aromatic carbocycles. The maximum atomic E-state index is 13.2. The Morgan fingerprint density at radius 1 is 1.12 bits per heavy atom. The third-order valence-electron chi connectivity index (χ3n) is 4.13. The third-order valence-corrected chi connectivity index (χ3v) is 4.13. The van der Waals surface area contributed by atoms with E-state index in [4.69, 9.17) is 4.42 Å². The molecule has 0 aliphatic heterocycles. The average molecular weight is 352 g/mol. The van der Waals surface area contributed by atoms with E-state index in [1.54, 1.807) is 24.5 Å². The van der Waals surface area contributed by atoms with E-state index in [0.29, 0.717) is 19.6 Å². The van der Waals surface area contributed by atoms with Crippen molar-refractivity contribution in [3.63, 3.8) is 0 Å². The molecule has 0 unspecified atom stereocenters. The first-order valence-electron chi connectivity index (χ1n) is 8.18. The zero-order valence-corrected chi connectivity index (χ0v) is 14.2. The van der Waals surface area contributed by atoms with Gasteiger partial charge in [-0.3, -0.25) is 14.3 Å². The molecule has 0 atom stereocenters. The van der Waals surface area contributed by atoms with Gasteiger partial charge in [-0.1, -0.05) is 12.1 Å². The van der Waals surface area contributed by atoms with Gasteiger partial charge in [0.2, 0.25) is 0 Å². The molecule has 0 fully saturated rings. The molecule has 7 nitrogen and oxygen atoms in total. The average Bonchev–Trinajstić information content (AvgIpc) is 3.28. The van der Waals surface area contributed by atoms with Gasteiger partial charge in [0, 0.05) is 25.5 Å². The summed E-state index contributed by atoms with van der Waals surface area (Å²) < 4.78 is 20.5.